The Morgan fingerprint density at radius 2 is 2.04 bits per heavy atom. The van der Waals surface area contributed by atoms with Gasteiger partial charge < -0.3 is 20.2 Å². The highest BCUT2D eigenvalue weighted by molar-refractivity contribution is 5.73. The van der Waals surface area contributed by atoms with Gasteiger partial charge in [0.25, 0.3) is 0 Å². The first-order valence-electron chi connectivity index (χ1n) is 9.01. The fourth-order valence-corrected chi connectivity index (χ4v) is 3.71. The third kappa shape index (κ3) is 5.07. The van der Waals surface area contributed by atoms with Gasteiger partial charge in [0.1, 0.15) is 17.8 Å². The number of piperidine rings is 1. The van der Waals surface area contributed by atoms with Crippen molar-refractivity contribution < 1.29 is 23.1 Å². The van der Waals surface area contributed by atoms with Crippen molar-refractivity contribution in [1.29, 1.82) is 0 Å². The molecule has 0 aromatic carbocycles. The van der Waals surface area contributed by atoms with Gasteiger partial charge in [-0.3, -0.25) is 4.79 Å². The van der Waals surface area contributed by atoms with Crippen LogP contribution in [0.1, 0.15) is 31.9 Å². The molecule has 0 aliphatic carbocycles. The van der Waals surface area contributed by atoms with Crippen molar-refractivity contribution in [3.05, 3.63) is 18.1 Å². The van der Waals surface area contributed by atoms with E-state index in [0.29, 0.717) is 26.1 Å². The smallest absolute Gasteiger partial charge is 0.387 e. The lowest BCUT2D eigenvalue weighted by molar-refractivity contribution is -0.141. The Bertz CT molecular complexity index is 679. The second-order valence-corrected chi connectivity index (χ2v) is 7.40. The van der Waals surface area contributed by atoms with Crippen LogP contribution in [0, 0.1) is 0 Å². The Labute approximate surface area is 155 Å². The van der Waals surface area contributed by atoms with Crippen LogP contribution in [0.25, 0.3) is 0 Å². The minimum absolute atomic E-state index is 0.0178. The SMILES string of the molecule is CC(=O)N1CCC(O)(CN2CCC(Nc3cc(C(F)(F)F)ncn3)CC2)C1. The average molecular weight is 387 g/mol. The Morgan fingerprint density at radius 3 is 2.63 bits per heavy atom. The minimum atomic E-state index is -4.49. The van der Waals surface area contributed by atoms with E-state index in [9.17, 15) is 23.1 Å². The summed E-state index contributed by atoms with van der Waals surface area (Å²) in [7, 11) is 0. The lowest BCUT2D eigenvalue weighted by Crippen LogP contribution is -2.49. The molecule has 1 atom stereocenters. The topological polar surface area (TPSA) is 81.6 Å². The summed E-state index contributed by atoms with van der Waals surface area (Å²) in [5, 5.41) is 13.7. The Morgan fingerprint density at radius 1 is 1.33 bits per heavy atom. The number of β-amino-alcohol motifs (C(OH)–C–C–N with tert-alkyl or cyclic N) is 1. The molecule has 7 nitrogen and oxygen atoms in total. The molecule has 3 heterocycles. The van der Waals surface area contributed by atoms with Gasteiger partial charge in [-0.2, -0.15) is 13.2 Å². The Balaban J connectivity index is 1.49. The zero-order valence-electron chi connectivity index (χ0n) is 15.2. The molecule has 1 aromatic rings. The summed E-state index contributed by atoms with van der Waals surface area (Å²) in [5.41, 5.74) is -1.85. The van der Waals surface area contributed by atoms with Crippen LogP contribution in [-0.4, -0.2) is 75.1 Å². The van der Waals surface area contributed by atoms with E-state index in [1.165, 1.54) is 6.92 Å². The van der Waals surface area contributed by atoms with Crippen LogP contribution in [-0.2, 0) is 11.0 Å². The second-order valence-electron chi connectivity index (χ2n) is 7.40. The number of carbonyl (C=O) groups excluding carboxylic acids is 1. The average Bonchev–Trinajstić information content (AvgIpc) is 2.98. The molecule has 2 fully saturated rings. The number of nitrogens with zero attached hydrogens (tertiary/aromatic N) is 4. The molecule has 1 unspecified atom stereocenters. The van der Waals surface area contributed by atoms with Gasteiger partial charge >= 0.3 is 6.18 Å². The molecule has 0 bridgehead atoms. The highest BCUT2D eigenvalue weighted by Crippen LogP contribution is 2.29. The third-order valence-electron chi connectivity index (χ3n) is 5.19. The fraction of sp³-hybridized carbons (Fsp3) is 0.706. The zero-order chi connectivity index (χ0) is 19.7. The molecule has 3 rings (SSSR count). The Hall–Kier alpha value is -1.94. The summed E-state index contributed by atoms with van der Waals surface area (Å²) in [6.45, 7) is 4.35. The molecule has 10 heteroatoms. The number of amides is 1. The maximum atomic E-state index is 12.7. The Kier molecular flexibility index (Phi) is 5.57. The molecule has 0 radical (unpaired) electrons. The first-order valence-corrected chi connectivity index (χ1v) is 9.01. The standard InChI is InChI=1S/C17H24F3N5O2/c1-12(26)25-7-4-16(27,10-25)9-24-5-2-13(3-6-24)23-15-8-14(17(18,19)20)21-11-22-15/h8,11,13,27H,2-7,9-10H2,1H3,(H,21,22,23). The van der Waals surface area contributed by atoms with E-state index in [4.69, 9.17) is 0 Å². The summed E-state index contributed by atoms with van der Waals surface area (Å²) < 4.78 is 38.2. The predicted molar refractivity (Wildman–Crippen MR) is 91.9 cm³/mol. The fourth-order valence-electron chi connectivity index (χ4n) is 3.71. The van der Waals surface area contributed by atoms with E-state index in [-0.39, 0.29) is 17.8 Å². The van der Waals surface area contributed by atoms with Crippen molar-refractivity contribution in [3.8, 4) is 0 Å². The number of aromatic nitrogens is 2. The largest absolute Gasteiger partial charge is 0.433 e. The summed E-state index contributed by atoms with van der Waals surface area (Å²) in [4.78, 5) is 22.4. The molecule has 1 amide bonds. The van der Waals surface area contributed by atoms with Crippen molar-refractivity contribution >= 4 is 11.7 Å². The van der Waals surface area contributed by atoms with E-state index in [0.717, 1.165) is 38.3 Å². The summed E-state index contributed by atoms with van der Waals surface area (Å²) >= 11 is 0. The summed E-state index contributed by atoms with van der Waals surface area (Å²) in [6, 6.07) is 0.938. The molecule has 2 aliphatic heterocycles. The van der Waals surface area contributed by atoms with Gasteiger partial charge in [-0.15, -0.1) is 0 Å². The van der Waals surface area contributed by atoms with E-state index in [1.54, 1.807) is 4.90 Å². The normalized spacial score (nSPS) is 25.0. The van der Waals surface area contributed by atoms with Gasteiger partial charge in [0.15, 0.2) is 0 Å². The van der Waals surface area contributed by atoms with Crippen LogP contribution >= 0.6 is 0 Å². The highest BCUT2D eigenvalue weighted by Gasteiger charge is 2.39. The van der Waals surface area contributed by atoms with Crippen LogP contribution in [0.3, 0.4) is 0 Å². The zero-order valence-corrected chi connectivity index (χ0v) is 15.2. The molecule has 27 heavy (non-hydrogen) atoms. The van der Waals surface area contributed by atoms with Gasteiger partial charge in [-0.25, -0.2) is 9.97 Å². The highest BCUT2D eigenvalue weighted by atomic mass is 19.4. The molecule has 0 spiro atoms. The van der Waals surface area contributed by atoms with Crippen LogP contribution < -0.4 is 5.32 Å². The van der Waals surface area contributed by atoms with E-state index in [1.807, 2.05) is 0 Å². The molecule has 150 valence electrons. The molecule has 2 saturated heterocycles. The van der Waals surface area contributed by atoms with Gasteiger partial charge in [-0.05, 0) is 19.3 Å². The second kappa shape index (κ2) is 7.59. The van der Waals surface area contributed by atoms with Crippen molar-refractivity contribution in [2.45, 2.75) is 44.0 Å². The molecular weight excluding hydrogens is 363 g/mol. The predicted octanol–water partition coefficient (Wildman–Crippen LogP) is 1.35. The number of alkyl halides is 3. The number of rotatable bonds is 4. The van der Waals surface area contributed by atoms with Gasteiger partial charge in [0.05, 0.1) is 12.1 Å². The maximum Gasteiger partial charge on any atom is 0.433 e. The van der Waals surface area contributed by atoms with Gasteiger partial charge in [0.2, 0.25) is 5.91 Å². The maximum absolute atomic E-state index is 12.7. The van der Waals surface area contributed by atoms with Crippen LogP contribution in [0.4, 0.5) is 19.0 Å². The van der Waals surface area contributed by atoms with Gasteiger partial charge in [0, 0.05) is 45.2 Å². The van der Waals surface area contributed by atoms with Crippen LogP contribution in [0.2, 0.25) is 0 Å². The summed E-state index contributed by atoms with van der Waals surface area (Å²) in [6.07, 6.45) is -1.55. The van der Waals surface area contributed by atoms with Crippen LogP contribution in [0.15, 0.2) is 12.4 Å². The first-order chi connectivity index (χ1) is 12.6. The number of likely N-dealkylation sites (tertiary alicyclic amines) is 2. The minimum Gasteiger partial charge on any atom is -0.387 e. The lowest BCUT2D eigenvalue weighted by Gasteiger charge is -2.36. The number of hydrogen-bond acceptors (Lipinski definition) is 6. The molecule has 1 aromatic heterocycles. The quantitative estimate of drug-likeness (QED) is 0.812. The third-order valence-corrected chi connectivity index (χ3v) is 5.19. The molecule has 2 aliphatic rings. The number of aliphatic hydroxyl groups is 1. The van der Waals surface area contributed by atoms with Crippen molar-refractivity contribution in [1.82, 2.24) is 19.8 Å². The van der Waals surface area contributed by atoms with Crippen molar-refractivity contribution in [3.63, 3.8) is 0 Å². The lowest BCUT2D eigenvalue weighted by atomic mass is 9.99. The molecule has 2 N–H and O–H groups in total. The monoisotopic (exact) mass is 387 g/mol. The molecular formula is C17H24F3N5O2. The number of nitrogens with one attached hydrogen (secondary N) is 1. The summed E-state index contributed by atoms with van der Waals surface area (Å²) in [5.74, 6) is 0.138. The van der Waals surface area contributed by atoms with Gasteiger partial charge in [-0.1, -0.05) is 0 Å². The van der Waals surface area contributed by atoms with E-state index < -0.39 is 17.5 Å². The van der Waals surface area contributed by atoms with Crippen LogP contribution in [0.5, 0.6) is 0 Å². The van der Waals surface area contributed by atoms with E-state index in [2.05, 4.69) is 20.2 Å². The first kappa shape index (κ1) is 19.8. The molecule has 0 saturated carbocycles. The van der Waals surface area contributed by atoms with Crippen molar-refractivity contribution in [2.75, 3.05) is 38.0 Å². The number of carbonyl (C=O) groups is 1. The van der Waals surface area contributed by atoms with Crippen molar-refractivity contribution in [2.24, 2.45) is 0 Å². The number of hydrogen-bond donors (Lipinski definition) is 2. The van der Waals surface area contributed by atoms with E-state index >= 15 is 0 Å². The number of halogens is 3. The number of anilines is 1.